The molecule has 0 amide bonds. The third-order valence-corrected chi connectivity index (χ3v) is 5.74. The number of alkyl halides is 3. The fourth-order valence-electron chi connectivity index (χ4n) is 2.76. The molecule has 0 atom stereocenters. The number of halogens is 3. The predicted octanol–water partition coefficient (Wildman–Crippen LogP) is 2.45. The van der Waals surface area contributed by atoms with Gasteiger partial charge in [-0.1, -0.05) is 0 Å². The lowest BCUT2D eigenvalue weighted by molar-refractivity contribution is -0.192. The standard InChI is InChI=1S/C18H21N3O6S.C2HF3O2/c1-2-27-14-3-5-15(6-4-14)28(24,25)20-16-11-13(18(22)23)12-19-17(16)21-7-9-26-10-8-21;3-2(4,5)1(6)7/h3-6,11-12,20H,2,7-10H2,1H3,(H,22,23);(H,6,7). The summed E-state index contributed by atoms with van der Waals surface area (Å²) in [4.78, 5) is 26.3. The van der Waals surface area contributed by atoms with Crippen molar-refractivity contribution < 1.29 is 50.9 Å². The van der Waals surface area contributed by atoms with Crippen molar-refractivity contribution in [2.45, 2.75) is 18.0 Å². The molecule has 3 N–H and O–H groups in total. The Bertz CT molecular complexity index is 1140. The smallest absolute Gasteiger partial charge is 0.490 e. The average molecular weight is 521 g/mol. The van der Waals surface area contributed by atoms with Gasteiger partial charge in [0.25, 0.3) is 10.0 Å². The third kappa shape index (κ3) is 7.99. The maximum Gasteiger partial charge on any atom is 0.490 e. The zero-order chi connectivity index (χ0) is 26.2. The van der Waals surface area contributed by atoms with Crippen LogP contribution in [0, 0.1) is 0 Å². The number of carboxylic acid groups (broad SMARTS) is 2. The van der Waals surface area contributed by atoms with Crippen LogP contribution in [-0.2, 0) is 19.6 Å². The van der Waals surface area contributed by atoms with E-state index < -0.39 is 28.1 Å². The van der Waals surface area contributed by atoms with E-state index in [1.54, 1.807) is 12.1 Å². The summed E-state index contributed by atoms with van der Waals surface area (Å²) < 4.78 is 70.5. The molecule has 1 aromatic heterocycles. The fraction of sp³-hybridized carbons (Fsp3) is 0.350. The van der Waals surface area contributed by atoms with E-state index in [4.69, 9.17) is 19.4 Å². The summed E-state index contributed by atoms with van der Waals surface area (Å²) in [5, 5.41) is 16.4. The van der Waals surface area contributed by atoms with E-state index in [0.717, 1.165) is 0 Å². The summed E-state index contributed by atoms with van der Waals surface area (Å²) in [5.41, 5.74) is -0.00270. The summed E-state index contributed by atoms with van der Waals surface area (Å²) in [5.74, 6) is -3.03. The summed E-state index contributed by atoms with van der Waals surface area (Å²) in [6.45, 7) is 4.32. The van der Waals surface area contributed by atoms with Crippen molar-refractivity contribution in [1.29, 1.82) is 0 Å². The van der Waals surface area contributed by atoms with E-state index in [0.29, 0.717) is 44.5 Å². The maximum absolute atomic E-state index is 12.8. The molecule has 0 saturated carbocycles. The lowest BCUT2D eigenvalue weighted by Crippen LogP contribution is -2.37. The van der Waals surface area contributed by atoms with Crippen molar-refractivity contribution >= 4 is 33.5 Å². The van der Waals surface area contributed by atoms with Crippen LogP contribution in [0.15, 0.2) is 41.4 Å². The third-order valence-electron chi connectivity index (χ3n) is 4.36. The molecule has 1 aromatic carbocycles. The Kier molecular flexibility index (Phi) is 9.25. The van der Waals surface area contributed by atoms with Crippen LogP contribution in [0.3, 0.4) is 0 Å². The van der Waals surface area contributed by atoms with Gasteiger partial charge in [0, 0.05) is 19.3 Å². The molecule has 35 heavy (non-hydrogen) atoms. The van der Waals surface area contributed by atoms with Crippen molar-refractivity contribution in [3.63, 3.8) is 0 Å². The molecule has 0 bridgehead atoms. The second-order valence-electron chi connectivity index (χ2n) is 6.81. The van der Waals surface area contributed by atoms with Crippen LogP contribution in [0.1, 0.15) is 17.3 Å². The van der Waals surface area contributed by atoms with Gasteiger partial charge in [0.1, 0.15) is 5.75 Å². The fourth-order valence-corrected chi connectivity index (χ4v) is 3.81. The number of hydrogen-bond donors (Lipinski definition) is 3. The lowest BCUT2D eigenvalue weighted by atomic mass is 10.2. The highest BCUT2D eigenvalue weighted by atomic mass is 32.2. The number of nitrogens with one attached hydrogen (secondary N) is 1. The number of carboxylic acids is 2. The summed E-state index contributed by atoms with van der Waals surface area (Å²) in [7, 11) is -3.95. The Labute approximate surface area is 198 Å². The number of carbonyl (C=O) groups is 2. The van der Waals surface area contributed by atoms with Crippen LogP contribution >= 0.6 is 0 Å². The Morgan fingerprint density at radius 1 is 1.17 bits per heavy atom. The molecule has 0 unspecified atom stereocenters. The summed E-state index contributed by atoms with van der Waals surface area (Å²) in [6.07, 6.45) is -3.87. The Balaban J connectivity index is 0.000000540. The molecule has 1 aliphatic heterocycles. The van der Waals surface area contributed by atoms with Crippen LogP contribution < -0.4 is 14.4 Å². The SMILES string of the molecule is CCOc1ccc(S(=O)(=O)Nc2cc(C(=O)O)cnc2N2CCOCC2)cc1.O=C(O)C(F)(F)F. The van der Waals surface area contributed by atoms with Gasteiger partial charge in [-0.2, -0.15) is 13.2 Å². The molecule has 0 spiro atoms. The molecule has 0 radical (unpaired) electrons. The Morgan fingerprint density at radius 2 is 1.74 bits per heavy atom. The number of benzene rings is 1. The minimum Gasteiger partial charge on any atom is -0.494 e. The highest BCUT2D eigenvalue weighted by Crippen LogP contribution is 2.28. The highest BCUT2D eigenvalue weighted by molar-refractivity contribution is 7.92. The van der Waals surface area contributed by atoms with E-state index in [2.05, 4.69) is 9.71 Å². The predicted molar refractivity (Wildman–Crippen MR) is 116 cm³/mol. The van der Waals surface area contributed by atoms with E-state index >= 15 is 0 Å². The normalized spacial score (nSPS) is 13.9. The van der Waals surface area contributed by atoms with Crippen LogP contribution in [0.4, 0.5) is 24.7 Å². The van der Waals surface area contributed by atoms with Crippen LogP contribution in [0.5, 0.6) is 5.75 Å². The topological polar surface area (TPSA) is 155 Å². The number of nitrogens with zero attached hydrogens (tertiary/aromatic N) is 2. The van der Waals surface area contributed by atoms with Gasteiger partial charge in [-0.15, -0.1) is 0 Å². The van der Waals surface area contributed by atoms with Crippen LogP contribution in [0.2, 0.25) is 0 Å². The van der Waals surface area contributed by atoms with Gasteiger partial charge in [0.15, 0.2) is 5.82 Å². The quantitative estimate of drug-likeness (QED) is 0.495. The number of aliphatic carboxylic acids is 1. The molecule has 15 heteroatoms. The van der Waals surface area contributed by atoms with E-state index in [1.807, 2.05) is 11.8 Å². The number of sulfonamides is 1. The van der Waals surface area contributed by atoms with E-state index in [9.17, 15) is 31.5 Å². The zero-order valence-corrected chi connectivity index (χ0v) is 19.1. The summed E-state index contributed by atoms with van der Waals surface area (Å²) in [6, 6.07) is 7.25. The number of aromatic carboxylic acids is 1. The van der Waals surface area contributed by atoms with Gasteiger partial charge in [0.05, 0.1) is 36.0 Å². The maximum atomic E-state index is 12.8. The molecule has 1 saturated heterocycles. The van der Waals surface area contributed by atoms with Crippen molar-refractivity contribution in [3.05, 3.63) is 42.1 Å². The van der Waals surface area contributed by atoms with Gasteiger partial charge in [-0.3, -0.25) is 4.72 Å². The first kappa shape index (κ1) is 27.7. The zero-order valence-electron chi connectivity index (χ0n) is 18.3. The molecule has 0 aliphatic carbocycles. The first-order valence-electron chi connectivity index (χ1n) is 9.97. The molecule has 3 rings (SSSR count). The number of ether oxygens (including phenoxy) is 2. The van der Waals surface area contributed by atoms with Crippen molar-refractivity contribution in [2.24, 2.45) is 0 Å². The highest BCUT2D eigenvalue weighted by Gasteiger charge is 2.38. The number of morpholine rings is 1. The lowest BCUT2D eigenvalue weighted by Gasteiger charge is -2.29. The molecule has 192 valence electrons. The van der Waals surface area contributed by atoms with Crippen LogP contribution in [-0.4, -0.2) is 74.6 Å². The second-order valence-corrected chi connectivity index (χ2v) is 8.49. The number of anilines is 2. The molecule has 1 aliphatic rings. The molecule has 2 aromatic rings. The molecule has 2 heterocycles. The minimum absolute atomic E-state index is 0.0320. The van der Waals surface area contributed by atoms with Gasteiger partial charge < -0.3 is 24.6 Å². The van der Waals surface area contributed by atoms with Crippen molar-refractivity contribution in [2.75, 3.05) is 42.5 Å². The average Bonchev–Trinajstić information content (AvgIpc) is 2.80. The largest absolute Gasteiger partial charge is 0.494 e. The second kappa shape index (κ2) is 11.7. The minimum atomic E-state index is -5.08. The Hall–Kier alpha value is -3.59. The van der Waals surface area contributed by atoms with E-state index in [1.165, 1.54) is 24.4 Å². The van der Waals surface area contributed by atoms with Gasteiger partial charge in [-0.05, 0) is 37.3 Å². The first-order chi connectivity index (χ1) is 16.3. The van der Waals surface area contributed by atoms with Crippen molar-refractivity contribution in [3.8, 4) is 5.75 Å². The number of hydrogen-bond acceptors (Lipinski definition) is 8. The molecule has 1 fully saturated rings. The van der Waals surface area contributed by atoms with Gasteiger partial charge >= 0.3 is 18.1 Å². The van der Waals surface area contributed by atoms with Crippen molar-refractivity contribution in [1.82, 2.24) is 4.98 Å². The van der Waals surface area contributed by atoms with E-state index in [-0.39, 0.29) is 16.1 Å². The Morgan fingerprint density at radius 3 is 2.23 bits per heavy atom. The number of pyridine rings is 1. The van der Waals surface area contributed by atoms with Gasteiger partial charge in [0.2, 0.25) is 0 Å². The molecular formula is C20H22F3N3O8S. The van der Waals surface area contributed by atoms with Crippen LogP contribution in [0.25, 0.3) is 0 Å². The molecule has 11 nitrogen and oxygen atoms in total. The first-order valence-corrected chi connectivity index (χ1v) is 11.4. The van der Waals surface area contributed by atoms with Gasteiger partial charge in [-0.25, -0.2) is 23.0 Å². The monoisotopic (exact) mass is 521 g/mol. The number of rotatable bonds is 7. The number of aromatic nitrogens is 1. The molecular weight excluding hydrogens is 499 g/mol. The summed E-state index contributed by atoms with van der Waals surface area (Å²) >= 11 is 0.